The molecule has 0 spiro atoms. The summed E-state index contributed by atoms with van der Waals surface area (Å²) in [6.07, 6.45) is 1.20. The molecular formula is C16H25NO4. The molecule has 5 heteroatoms. The molecular weight excluding hydrogens is 270 g/mol. The summed E-state index contributed by atoms with van der Waals surface area (Å²) in [7, 11) is 3.24. The maximum Gasteiger partial charge on any atom is 0.305 e. The van der Waals surface area contributed by atoms with E-state index < -0.39 is 0 Å². The van der Waals surface area contributed by atoms with Crippen molar-refractivity contribution in [1.29, 1.82) is 0 Å². The highest BCUT2D eigenvalue weighted by atomic mass is 16.5. The Morgan fingerprint density at radius 3 is 2.57 bits per heavy atom. The Bertz CT molecular complexity index is 448. The number of carbonyl (C=O) groups is 1. The van der Waals surface area contributed by atoms with Crippen LogP contribution in [0.5, 0.6) is 11.5 Å². The highest BCUT2D eigenvalue weighted by Gasteiger charge is 2.10. The average Bonchev–Trinajstić information content (AvgIpc) is 2.50. The molecule has 0 aliphatic rings. The van der Waals surface area contributed by atoms with E-state index in [1.165, 1.54) is 0 Å². The lowest BCUT2D eigenvalue weighted by Crippen LogP contribution is -2.20. The largest absolute Gasteiger partial charge is 0.493 e. The van der Waals surface area contributed by atoms with Crippen molar-refractivity contribution in [2.24, 2.45) is 0 Å². The number of hydrogen-bond donors (Lipinski definition) is 1. The van der Waals surface area contributed by atoms with Crippen LogP contribution in [0.25, 0.3) is 0 Å². The second-order valence-corrected chi connectivity index (χ2v) is 4.70. The molecule has 0 aliphatic heterocycles. The molecule has 0 radical (unpaired) electrons. The van der Waals surface area contributed by atoms with E-state index >= 15 is 0 Å². The highest BCUT2D eigenvalue weighted by molar-refractivity contribution is 5.69. The van der Waals surface area contributed by atoms with Crippen LogP contribution in [0.1, 0.15) is 38.3 Å². The fourth-order valence-electron chi connectivity index (χ4n) is 2.02. The standard InChI is InChI=1S/C16H25NO4/c1-5-21-16(18)7-6-10-17-12(2)13-8-9-14(19-3)15(11-13)20-4/h8-9,11-12,17H,5-7,10H2,1-4H3. The first-order chi connectivity index (χ1) is 10.1. The van der Waals surface area contributed by atoms with E-state index in [4.69, 9.17) is 14.2 Å². The van der Waals surface area contributed by atoms with Crippen molar-refractivity contribution in [2.75, 3.05) is 27.4 Å². The van der Waals surface area contributed by atoms with Crippen molar-refractivity contribution in [3.8, 4) is 11.5 Å². The normalized spacial score (nSPS) is 11.8. The Morgan fingerprint density at radius 1 is 1.24 bits per heavy atom. The van der Waals surface area contributed by atoms with Crippen molar-refractivity contribution in [3.63, 3.8) is 0 Å². The number of nitrogens with one attached hydrogen (secondary N) is 1. The van der Waals surface area contributed by atoms with E-state index in [0.29, 0.717) is 13.0 Å². The lowest BCUT2D eigenvalue weighted by Gasteiger charge is -2.16. The van der Waals surface area contributed by atoms with Crippen molar-refractivity contribution >= 4 is 5.97 Å². The van der Waals surface area contributed by atoms with Gasteiger partial charge in [-0.05, 0) is 44.5 Å². The third-order valence-electron chi connectivity index (χ3n) is 3.22. The van der Waals surface area contributed by atoms with Crippen LogP contribution in [0.3, 0.4) is 0 Å². The van der Waals surface area contributed by atoms with Crippen molar-refractivity contribution in [1.82, 2.24) is 5.32 Å². The van der Waals surface area contributed by atoms with Crippen molar-refractivity contribution < 1.29 is 19.0 Å². The quantitative estimate of drug-likeness (QED) is 0.561. The first kappa shape index (κ1) is 17.3. The second-order valence-electron chi connectivity index (χ2n) is 4.70. The molecule has 21 heavy (non-hydrogen) atoms. The molecule has 0 aliphatic carbocycles. The minimum absolute atomic E-state index is 0.141. The van der Waals surface area contributed by atoms with Gasteiger partial charge in [0.2, 0.25) is 0 Å². The van der Waals surface area contributed by atoms with Gasteiger partial charge in [-0.3, -0.25) is 4.79 Å². The van der Waals surface area contributed by atoms with E-state index in [2.05, 4.69) is 12.2 Å². The monoisotopic (exact) mass is 295 g/mol. The van der Waals surface area contributed by atoms with Crippen LogP contribution in [0.2, 0.25) is 0 Å². The number of rotatable bonds is 9. The van der Waals surface area contributed by atoms with Gasteiger partial charge in [-0.2, -0.15) is 0 Å². The second kappa shape index (κ2) is 9.23. The summed E-state index contributed by atoms with van der Waals surface area (Å²) in [5, 5.41) is 3.38. The summed E-state index contributed by atoms with van der Waals surface area (Å²) in [5.74, 6) is 1.30. The molecule has 0 heterocycles. The molecule has 1 aromatic carbocycles. The van der Waals surface area contributed by atoms with Crippen LogP contribution in [0.15, 0.2) is 18.2 Å². The predicted molar refractivity (Wildman–Crippen MR) is 81.8 cm³/mol. The maximum absolute atomic E-state index is 11.2. The number of hydrogen-bond acceptors (Lipinski definition) is 5. The molecule has 0 bridgehead atoms. The van der Waals surface area contributed by atoms with Gasteiger partial charge in [-0.25, -0.2) is 0 Å². The zero-order valence-electron chi connectivity index (χ0n) is 13.3. The van der Waals surface area contributed by atoms with Gasteiger partial charge in [0.1, 0.15) is 0 Å². The summed E-state index contributed by atoms with van der Waals surface area (Å²) in [4.78, 5) is 11.2. The zero-order chi connectivity index (χ0) is 15.7. The van der Waals surface area contributed by atoms with Crippen molar-refractivity contribution in [2.45, 2.75) is 32.7 Å². The average molecular weight is 295 g/mol. The molecule has 1 N–H and O–H groups in total. The van der Waals surface area contributed by atoms with Gasteiger partial charge in [-0.1, -0.05) is 6.07 Å². The first-order valence-corrected chi connectivity index (χ1v) is 7.23. The van der Waals surface area contributed by atoms with Crippen LogP contribution in [0, 0.1) is 0 Å². The van der Waals surface area contributed by atoms with Gasteiger partial charge in [0.15, 0.2) is 11.5 Å². The Balaban J connectivity index is 2.45. The third-order valence-corrected chi connectivity index (χ3v) is 3.22. The highest BCUT2D eigenvalue weighted by Crippen LogP contribution is 2.29. The molecule has 0 saturated carbocycles. The van der Waals surface area contributed by atoms with Gasteiger partial charge >= 0.3 is 5.97 Å². The van der Waals surface area contributed by atoms with Crippen LogP contribution in [-0.4, -0.2) is 33.3 Å². The minimum Gasteiger partial charge on any atom is -0.493 e. The van der Waals surface area contributed by atoms with E-state index in [1.807, 2.05) is 25.1 Å². The van der Waals surface area contributed by atoms with Gasteiger partial charge < -0.3 is 19.5 Å². The Kier molecular flexibility index (Phi) is 7.61. The first-order valence-electron chi connectivity index (χ1n) is 7.23. The van der Waals surface area contributed by atoms with E-state index in [1.54, 1.807) is 14.2 Å². The van der Waals surface area contributed by atoms with Gasteiger partial charge in [0, 0.05) is 12.5 Å². The van der Waals surface area contributed by atoms with Gasteiger partial charge in [0.25, 0.3) is 0 Å². The number of ether oxygens (including phenoxy) is 3. The summed E-state index contributed by atoms with van der Waals surface area (Å²) in [6, 6.07) is 6.03. The summed E-state index contributed by atoms with van der Waals surface area (Å²) in [6.45, 7) is 5.09. The zero-order valence-corrected chi connectivity index (χ0v) is 13.3. The van der Waals surface area contributed by atoms with Gasteiger partial charge in [-0.15, -0.1) is 0 Å². The summed E-state index contributed by atoms with van der Waals surface area (Å²) in [5.41, 5.74) is 1.11. The smallest absolute Gasteiger partial charge is 0.305 e. The molecule has 1 aromatic rings. The lowest BCUT2D eigenvalue weighted by atomic mass is 10.1. The molecule has 1 atom stereocenters. The van der Waals surface area contributed by atoms with Gasteiger partial charge in [0.05, 0.1) is 20.8 Å². The third kappa shape index (κ3) is 5.63. The molecule has 1 unspecified atom stereocenters. The molecule has 118 valence electrons. The van der Waals surface area contributed by atoms with Crippen LogP contribution >= 0.6 is 0 Å². The Hall–Kier alpha value is -1.75. The fourth-order valence-corrected chi connectivity index (χ4v) is 2.02. The lowest BCUT2D eigenvalue weighted by molar-refractivity contribution is -0.143. The van der Waals surface area contributed by atoms with E-state index in [0.717, 1.165) is 30.0 Å². The Labute approximate surface area is 126 Å². The maximum atomic E-state index is 11.2. The molecule has 0 amide bonds. The van der Waals surface area contributed by atoms with E-state index in [-0.39, 0.29) is 12.0 Å². The number of methoxy groups -OCH3 is 2. The molecule has 5 nitrogen and oxygen atoms in total. The molecule has 0 aromatic heterocycles. The summed E-state index contributed by atoms with van der Waals surface area (Å²) >= 11 is 0. The van der Waals surface area contributed by atoms with E-state index in [9.17, 15) is 4.79 Å². The van der Waals surface area contributed by atoms with Crippen LogP contribution in [0.4, 0.5) is 0 Å². The SMILES string of the molecule is CCOC(=O)CCCNC(C)c1ccc(OC)c(OC)c1. The summed E-state index contributed by atoms with van der Waals surface area (Å²) < 4.78 is 15.4. The Morgan fingerprint density at radius 2 is 1.95 bits per heavy atom. The number of benzene rings is 1. The van der Waals surface area contributed by atoms with Crippen LogP contribution in [-0.2, 0) is 9.53 Å². The number of esters is 1. The molecule has 0 saturated heterocycles. The number of carbonyl (C=O) groups excluding carboxylic acids is 1. The van der Waals surface area contributed by atoms with Crippen LogP contribution < -0.4 is 14.8 Å². The fraction of sp³-hybridized carbons (Fsp3) is 0.562. The predicted octanol–water partition coefficient (Wildman–Crippen LogP) is 2.70. The van der Waals surface area contributed by atoms with Crippen molar-refractivity contribution in [3.05, 3.63) is 23.8 Å². The topological polar surface area (TPSA) is 56.8 Å². The molecule has 1 rings (SSSR count). The minimum atomic E-state index is -0.141. The molecule has 0 fully saturated rings.